The van der Waals surface area contributed by atoms with E-state index in [2.05, 4.69) is 21.9 Å². The topological polar surface area (TPSA) is 139 Å². The van der Waals surface area contributed by atoms with E-state index in [1.807, 2.05) is 0 Å². The third-order valence-corrected chi connectivity index (χ3v) is 7.01. The van der Waals surface area contributed by atoms with Gasteiger partial charge in [0.1, 0.15) is 16.8 Å². The maximum absolute atomic E-state index is 12.5. The number of aryl methyl sites for hydroxylation is 1. The standard InChI is InChI=1S/C27H24N4O6S/c1-35-21-12-9-17(13-22(21)36-2)27(34)37-18-10-7-16(8-11-18)15-29-31-25(33)24(32)30-26-20(14-28)19-5-3-4-6-23(19)38-26/h7-13,15H,3-6H2,1-2H3,(H,30,32)(H,31,33)/b29-15-. The third kappa shape index (κ3) is 5.99. The van der Waals surface area contributed by atoms with Gasteiger partial charge in [-0.15, -0.1) is 11.3 Å². The quantitative estimate of drug-likeness (QED) is 0.155. The molecule has 194 valence electrons. The van der Waals surface area contributed by atoms with Crippen molar-refractivity contribution < 1.29 is 28.6 Å². The van der Waals surface area contributed by atoms with E-state index in [4.69, 9.17) is 14.2 Å². The highest BCUT2D eigenvalue weighted by Gasteiger charge is 2.23. The number of esters is 1. The number of carbonyl (C=O) groups excluding carboxylic acids is 3. The van der Waals surface area contributed by atoms with Gasteiger partial charge in [0.2, 0.25) is 0 Å². The normalized spacial score (nSPS) is 12.2. The fourth-order valence-electron chi connectivity index (χ4n) is 3.90. The van der Waals surface area contributed by atoms with Crippen LogP contribution in [0.1, 0.15) is 44.8 Å². The van der Waals surface area contributed by atoms with Gasteiger partial charge in [-0.1, -0.05) is 0 Å². The molecule has 1 aromatic heterocycles. The van der Waals surface area contributed by atoms with Crippen LogP contribution in [-0.2, 0) is 22.4 Å². The molecule has 2 amide bonds. The minimum atomic E-state index is -0.961. The summed E-state index contributed by atoms with van der Waals surface area (Å²) in [6.45, 7) is 0. The van der Waals surface area contributed by atoms with Crippen LogP contribution in [0, 0.1) is 11.3 Å². The molecule has 0 aliphatic heterocycles. The zero-order valence-corrected chi connectivity index (χ0v) is 21.5. The number of hydrazone groups is 1. The lowest BCUT2D eigenvalue weighted by molar-refractivity contribution is -0.136. The van der Waals surface area contributed by atoms with Gasteiger partial charge < -0.3 is 19.5 Å². The Hall–Kier alpha value is -4.69. The van der Waals surface area contributed by atoms with Crippen LogP contribution in [0.15, 0.2) is 47.6 Å². The summed E-state index contributed by atoms with van der Waals surface area (Å²) in [7, 11) is 2.98. The fraction of sp³-hybridized carbons (Fsp3) is 0.222. The smallest absolute Gasteiger partial charge is 0.343 e. The summed E-state index contributed by atoms with van der Waals surface area (Å²) in [5, 5.41) is 16.2. The summed E-state index contributed by atoms with van der Waals surface area (Å²) >= 11 is 1.34. The van der Waals surface area contributed by atoms with Gasteiger partial charge >= 0.3 is 17.8 Å². The van der Waals surface area contributed by atoms with Crippen LogP contribution in [-0.4, -0.2) is 38.2 Å². The van der Waals surface area contributed by atoms with Gasteiger partial charge in [0, 0.05) is 4.88 Å². The van der Waals surface area contributed by atoms with E-state index >= 15 is 0 Å². The zero-order chi connectivity index (χ0) is 27.1. The van der Waals surface area contributed by atoms with Crippen LogP contribution in [0.25, 0.3) is 0 Å². The number of nitrogens with zero attached hydrogens (tertiary/aromatic N) is 2. The summed E-state index contributed by atoms with van der Waals surface area (Å²) in [5.41, 5.74) is 4.45. The molecule has 0 unspecified atom stereocenters. The van der Waals surface area contributed by atoms with E-state index in [1.54, 1.807) is 36.4 Å². The van der Waals surface area contributed by atoms with Crippen molar-refractivity contribution in [3.05, 3.63) is 69.6 Å². The molecule has 0 saturated heterocycles. The van der Waals surface area contributed by atoms with Gasteiger partial charge in [0.05, 0.1) is 31.6 Å². The van der Waals surface area contributed by atoms with Crippen molar-refractivity contribution >= 4 is 40.3 Å². The van der Waals surface area contributed by atoms with Crippen molar-refractivity contribution in [1.29, 1.82) is 5.26 Å². The molecular weight excluding hydrogens is 508 g/mol. The van der Waals surface area contributed by atoms with E-state index in [-0.39, 0.29) is 0 Å². The van der Waals surface area contributed by atoms with Gasteiger partial charge in [-0.3, -0.25) is 9.59 Å². The number of nitriles is 1. The van der Waals surface area contributed by atoms with Crippen LogP contribution in [0.2, 0.25) is 0 Å². The number of ether oxygens (including phenoxy) is 3. The largest absolute Gasteiger partial charge is 0.493 e. The first kappa shape index (κ1) is 26.4. The van der Waals surface area contributed by atoms with E-state index < -0.39 is 17.8 Å². The molecule has 4 rings (SSSR count). The molecule has 0 fully saturated rings. The number of amides is 2. The summed E-state index contributed by atoms with van der Waals surface area (Å²) in [4.78, 5) is 38.0. The van der Waals surface area contributed by atoms with Gasteiger partial charge in [-0.05, 0) is 79.3 Å². The second kappa shape index (κ2) is 12.0. The number of thiophene rings is 1. The second-order valence-electron chi connectivity index (χ2n) is 8.21. The molecule has 38 heavy (non-hydrogen) atoms. The number of methoxy groups -OCH3 is 2. The van der Waals surface area contributed by atoms with E-state index in [9.17, 15) is 19.6 Å². The highest BCUT2D eigenvalue weighted by atomic mass is 32.1. The van der Waals surface area contributed by atoms with E-state index in [0.717, 1.165) is 36.1 Å². The first-order chi connectivity index (χ1) is 18.4. The number of fused-ring (bicyclic) bond motifs is 1. The minimum absolute atomic E-state index is 0.291. The summed E-state index contributed by atoms with van der Waals surface area (Å²) in [6, 6.07) is 13.2. The molecule has 0 saturated carbocycles. The number of hydrogen-bond donors (Lipinski definition) is 2. The van der Waals surface area contributed by atoms with Crippen molar-refractivity contribution in [1.82, 2.24) is 5.43 Å². The van der Waals surface area contributed by atoms with Gasteiger partial charge in [-0.25, -0.2) is 10.2 Å². The SMILES string of the molecule is COc1ccc(C(=O)Oc2ccc(/C=N\NC(=O)C(=O)Nc3sc4c(c3C#N)CCCC4)cc2)cc1OC. The second-order valence-corrected chi connectivity index (χ2v) is 9.31. The molecule has 11 heteroatoms. The number of rotatable bonds is 7. The average molecular weight is 533 g/mol. The molecular formula is C27H24N4O6S. The maximum Gasteiger partial charge on any atom is 0.343 e. The molecule has 2 aromatic carbocycles. The predicted molar refractivity (Wildman–Crippen MR) is 141 cm³/mol. The lowest BCUT2D eigenvalue weighted by Gasteiger charge is -2.09. The van der Waals surface area contributed by atoms with E-state index in [1.165, 1.54) is 37.8 Å². The van der Waals surface area contributed by atoms with Gasteiger partial charge in [-0.2, -0.15) is 10.4 Å². The van der Waals surface area contributed by atoms with Crippen molar-refractivity contribution in [3.8, 4) is 23.3 Å². The molecule has 3 aromatic rings. The van der Waals surface area contributed by atoms with Crippen molar-refractivity contribution in [2.45, 2.75) is 25.7 Å². The molecule has 0 radical (unpaired) electrons. The number of benzene rings is 2. The summed E-state index contributed by atoms with van der Waals surface area (Å²) in [5.74, 6) is -1.24. The van der Waals surface area contributed by atoms with E-state index in [0.29, 0.717) is 38.9 Å². The Kier molecular flexibility index (Phi) is 8.35. The fourth-order valence-corrected chi connectivity index (χ4v) is 5.13. The number of anilines is 1. The molecule has 0 atom stereocenters. The third-order valence-electron chi connectivity index (χ3n) is 5.81. The van der Waals surface area contributed by atoms with Crippen LogP contribution >= 0.6 is 11.3 Å². The average Bonchev–Trinajstić information content (AvgIpc) is 3.30. The molecule has 1 aliphatic carbocycles. The van der Waals surface area contributed by atoms with Gasteiger partial charge in [0.25, 0.3) is 0 Å². The molecule has 10 nitrogen and oxygen atoms in total. The van der Waals surface area contributed by atoms with Crippen molar-refractivity contribution in [2.24, 2.45) is 5.10 Å². The lowest BCUT2D eigenvalue weighted by atomic mass is 9.96. The number of carbonyl (C=O) groups is 3. The van der Waals surface area contributed by atoms with Crippen LogP contribution < -0.4 is 25.0 Å². The Morgan fingerprint density at radius 2 is 1.74 bits per heavy atom. The van der Waals surface area contributed by atoms with Crippen LogP contribution in [0.4, 0.5) is 5.00 Å². The molecule has 0 bridgehead atoms. The van der Waals surface area contributed by atoms with Gasteiger partial charge in [0.15, 0.2) is 11.5 Å². The number of hydrogen-bond acceptors (Lipinski definition) is 9. The first-order valence-corrected chi connectivity index (χ1v) is 12.5. The lowest BCUT2D eigenvalue weighted by Crippen LogP contribution is -2.32. The highest BCUT2D eigenvalue weighted by molar-refractivity contribution is 7.16. The Labute approximate surface area is 222 Å². The predicted octanol–water partition coefficient (Wildman–Crippen LogP) is 3.82. The molecule has 1 heterocycles. The van der Waals surface area contributed by atoms with Crippen LogP contribution in [0.5, 0.6) is 17.2 Å². The molecule has 1 aliphatic rings. The Morgan fingerprint density at radius 1 is 1.00 bits per heavy atom. The first-order valence-electron chi connectivity index (χ1n) is 11.7. The molecule has 2 N–H and O–H groups in total. The molecule has 0 spiro atoms. The maximum atomic E-state index is 12.5. The summed E-state index contributed by atoms with van der Waals surface area (Å²) in [6.07, 6.45) is 5.06. The minimum Gasteiger partial charge on any atom is -0.493 e. The summed E-state index contributed by atoms with van der Waals surface area (Å²) < 4.78 is 15.8. The Bertz CT molecular complexity index is 1440. The van der Waals surface area contributed by atoms with Crippen molar-refractivity contribution in [2.75, 3.05) is 19.5 Å². The Morgan fingerprint density at radius 3 is 2.45 bits per heavy atom. The monoisotopic (exact) mass is 532 g/mol. The Balaban J connectivity index is 1.31. The highest BCUT2D eigenvalue weighted by Crippen LogP contribution is 2.37. The zero-order valence-electron chi connectivity index (χ0n) is 20.7. The van der Waals surface area contributed by atoms with Crippen LogP contribution in [0.3, 0.4) is 0 Å². The number of nitrogens with one attached hydrogen (secondary N) is 2. The van der Waals surface area contributed by atoms with Crippen molar-refractivity contribution in [3.63, 3.8) is 0 Å².